The van der Waals surface area contributed by atoms with E-state index in [4.69, 9.17) is 17.3 Å². The third-order valence-corrected chi connectivity index (χ3v) is 3.43. The van der Waals surface area contributed by atoms with Crippen LogP contribution in [-0.2, 0) is 11.2 Å². The topological polar surface area (TPSA) is 46.3 Å². The maximum absolute atomic E-state index is 12.6. The fourth-order valence-electron chi connectivity index (χ4n) is 2.19. The van der Waals surface area contributed by atoms with Crippen LogP contribution in [0.2, 0.25) is 5.02 Å². The molecule has 2 N–H and O–H groups in total. The molecule has 2 aromatic rings. The highest BCUT2D eigenvalue weighted by molar-refractivity contribution is 6.30. The Kier molecular flexibility index (Phi) is 5.23. The highest BCUT2D eigenvalue weighted by atomic mass is 35.5. The van der Waals surface area contributed by atoms with Crippen molar-refractivity contribution >= 4 is 28.9 Å². The first kappa shape index (κ1) is 15.4. The minimum absolute atomic E-state index is 0.0592. The number of hydrogen-bond acceptors (Lipinski definition) is 2. The van der Waals surface area contributed by atoms with Gasteiger partial charge in [0.15, 0.2) is 0 Å². The van der Waals surface area contributed by atoms with Crippen molar-refractivity contribution < 1.29 is 4.79 Å². The van der Waals surface area contributed by atoms with Gasteiger partial charge >= 0.3 is 0 Å². The van der Waals surface area contributed by atoms with Gasteiger partial charge < -0.3 is 10.6 Å². The van der Waals surface area contributed by atoms with Gasteiger partial charge in [-0.2, -0.15) is 0 Å². The van der Waals surface area contributed by atoms with Gasteiger partial charge in [-0.3, -0.25) is 4.79 Å². The third kappa shape index (κ3) is 4.23. The number of halogens is 1. The average Bonchev–Trinajstić information content (AvgIpc) is 2.46. The molecule has 0 atom stereocenters. The molecule has 0 fully saturated rings. The zero-order valence-corrected chi connectivity index (χ0v) is 12.8. The average molecular weight is 303 g/mol. The molecular formula is C17H19ClN2O. The summed E-state index contributed by atoms with van der Waals surface area (Å²) in [4.78, 5) is 14.3. The van der Waals surface area contributed by atoms with Crippen LogP contribution in [0, 0.1) is 0 Å². The highest BCUT2D eigenvalue weighted by Gasteiger charge is 2.15. The van der Waals surface area contributed by atoms with E-state index in [0.29, 0.717) is 23.7 Å². The molecule has 0 aliphatic carbocycles. The molecule has 110 valence electrons. The Hall–Kier alpha value is -2.00. The van der Waals surface area contributed by atoms with Gasteiger partial charge in [-0.1, -0.05) is 30.7 Å². The molecule has 0 aliphatic heterocycles. The summed E-state index contributed by atoms with van der Waals surface area (Å²) in [6.45, 7) is 2.74. The quantitative estimate of drug-likeness (QED) is 0.851. The first-order valence-electron chi connectivity index (χ1n) is 7.00. The minimum atomic E-state index is 0.0592. The monoisotopic (exact) mass is 302 g/mol. The van der Waals surface area contributed by atoms with E-state index in [-0.39, 0.29) is 5.91 Å². The number of amides is 1. The molecule has 0 unspecified atom stereocenters. The second-order valence-electron chi connectivity index (χ2n) is 4.94. The van der Waals surface area contributed by atoms with Crippen molar-refractivity contribution in [1.82, 2.24) is 0 Å². The van der Waals surface area contributed by atoms with E-state index in [0.717, 1.165) is 17.7 Å². The van der Waals surface area contributed by atoms with Gasteiger partial charge in [0.2, 0.25) is 5.91 Å². The Bertz CT molecular complexity index is 610. The van der Waals surface area contributed by atoms with Crippen molar-refractivity contribution in [2.24, 2.45) is 0 Å². The summed E-state index contributed by atoms with van der Waals surface area (Å²) in [5.74, 6) is 0.0592. The van der Waals surface area contributed by atoms with Crippen LogP contribution in [-0.4, -0.2) is 12.5 Å². The molecule has 1 amide bonds. The maximum atomic E-state index is 12.6. The molecule has 0 saturated carbocycles. The Labute approximate surface area is 130 Å². The number of anilines is 2. The van der Waals surface area contributed by atoms with Gasteiger partial charge in [0, 0.05) is 22.9 Å². The number of carbonyl (C=O) groups excluding carboxylic acids is 1. The van der Waals surface area contributed by atoms with Crippen molar-refractivity contribution in [3.63, 3.8) is 0 Å². The fourth-order valence-corrected chi connectivity index (χ4v) is 2.41. The number of nitrogens with zero attached hydrogens (tertiary/aromatic N) is 1. The molecule has 0 aliphatic rings. The molecule has 0 bridgehead atoms. The second kappa shape index (κ2) is 7.14. The van der Waals surface area contributed by atoms with Gasteiger partial charge in [0.05, 0.1) is 6.42 Å². The van der Waals surface area contributed by atoms with Crippen LogP contribution in [0.1, 0.15) is 18.9 Å². The van der Waals surface area contributed by atoms with Crippen LogP contribution in [0.5, 0.6) is 0 Å². The van der Waals surface area contributed by atoms with Gasteiger partial charge in [-0.05, 0) is 48.4 Å². The molecule has 0 spiro atoms. The minimum Gasteiger partial charge on any atom is -0.399 e. The summed E-state index contributed by atoms with van der Waals surface area (Å²) in [5.41, 5.74) is 8.18. The molecule has 21 heavy (non-hydrogen) atoms. The van der Waals surface area contributed by atoms with Crippen LogP contribution in [0.25, 0.3) is 0 Å². The van der Waals surface area contributed by atoms with Gasteiger partial charge in [-0.15, -0.1) is 0 Å². The van der Waals surface area contributed by atoms with Crippen molar-refractivity contribution in [2.75, 3.05) is 17.2 Å². The molecule has 4 heteroatoms. The summed E-state index contributed by atoms with van der Waals surface area (Å²) < 4.78 is 0. The predicted octanol–water partition coefficient (Wildman–Crippen LogP) is 3.91. The maximum Gasteiger partial charge on any atom is 0.231 e. The molecule has 3 nitrogen and oxygen atoms in total. The number of hydrogen-bond donors (Lipinski definition) is 1. The van der Waals surface area contributed by atoms with Crippen LogP contribution in [0.15, 0.2) is 48.5 Å². The lowest BCUT2D eigenvalue weighted by atomic mass is 10.1. The van der Waals surface area contributed by atoms with Crippen molar-refractivity contribution in [1.29, 1.82) is 0 Å². The number of nitrogen functional groups attached to an aromatic ring is 1. The summed E-state index contributed by atoms with van der Waals surface area (Å²) >= 11 is 5.96. The first-order valence-corrected chi connectivity index (χ1v) is 7.38. The second-order valence-corrected chi connectivity index (χ2v) is 5.38. The van der Waals surface area contributed by atoms with E-state index in [1.807, 2.05) is 42.5 Å². The molecule has 2 rings (SSSR count). The van der Waals surface area contributed by atoms with E-state index < -0.39 is 0 Å². The van der Waals surface area contributed by atoms with E-state index >= 15 is 0 Å². The molecular weight excluding hydrogens is 284 g/mol. The molecule has 0 saturated heterocycles. The van der Waals surface area contributed by atoms with Gasteiger partial charge in [0.25, 0.3) is 0 Å². The highest BCUT2D eigenvalue weighted by Crippen LogP contribution is 2.19. The zero-order chi connectivity index (χ0) is 15.2. The Morgan fingerprint density at radius 1 is 1.19 bits per heavy atom. The van der Waals surface area contributed by atoms with Crippen molar-refractivity contribution in [3.05, 3.63) is 59.1 Å². The number of nitrogens with two attached hydrogens (primary N) is 1. The standard InChI is InChI=1S/C17H19ClN2O/c1-2-10-20(16-8-6-15(19)7-9-16)17(21)12-13-4-3-5-14(18)11-13/h3-9,11H,2,10,12,19H2,1H3. The molecule has 0 radical (unpaired) electrons. The Morgan fingerprint density at radius 2 is 1.90 bits per heavy atom. The van der Waals surface area contributed by atoms with E-state index in [1.54, 1.807) is 11.0 Å². The lowest BCUT2D eigenvalue weighted by Gasteiger charge is -2.22. The number of carbonyl (C=O) groups is 1. The van der Waals surface area contributed by atoms with Crippen LogP contribution >= 0.6 is 11.6 Å². The van der Waals surface area contributed by atoms with E-state index in [2.05, 4.69) is 6.92 Å². The Balaban J connectivity index is 2.17. The molecule has 0 aromatic heterocycles. The lowest BCUT2D eigenvalue weighted by molar-refractivity contribution is -0.118. The lowest BCUT2D eigenvalue weighted by Crippen LogP contribution is -2.32. The van der Waals surface area contributed by atoms with Gasteiger partial charge in [-0.25, -0.2) is 0 Å². The van der Waals surface area contributed by atoms with Crippen molar-refractivity contribution in [3.8, 4) is 0 Å². The van der Waals surface area contributed by atoms with Crippen molar-refractivity contribution in [2.45, 2.75) is 19.8 Å². The largest absolute Gasteiger partial charge is 0.399 e. The van der Waals surface area contributed by atoms with Gasteiger partial charge in [0.1, 0.15) is 0 Å². The fraction of sp³-hybridized carbons (Fsp3) is 0.235. The summed E-state index contributed by atoms with van der Waals surface area (Å²) in [6, 6.07) is 14.8. The summed E-state index contributed by atoms with van der Waals surface area (Å²) in [6.07, 6.45) is 1.23. The van der Waals surface area contributed by atoms with Crippen LogP contribution < -0.4 is 10.6 Å². The number of benzene rings is 2. The number of rotatable bonds is 5. The van der Waals surface area contributed by atoms with Crippen LogP contribution in [0.3, 0.4) is 0 Å². The predicted molar refractivity (Wildman–Crippen MR) is 88.7 cm³/mol. The molecule has 0 heterocycles. The zero-order valence-electron chi connectivity index (χ0n) is 12.1. The normalized spacial score (nSPS) is 10.4. The molecule has 2 aromatic carbocycles. The van der Waals surface area contributed by atoms with E-state index in [1.165, 1.54) is 0 Å². The Morgan fingerprint density at radius 3 is 2.52 bits per heavy atom. The smallest absolute Gasteiger partial charge is 0.231 e. The first-order chi connectivity index (χ1) is 10.1. The third-order valence-electron chi connectivity index (χ3n) is 3.20. The summed E-state index contributed by atoms with van der Waals surface area (Å²) in [5, 5.41) is 0.648. The van der Waals surface area contributed by atoms with E-state index in [9.17, 15) is 4.79 Å². The van der Waals surface area contributed by atoms with Crippen LogP contribution in [0.4, 0.5) is 11.4 Å². The SMILES string of the molecule is CCCN(C(=O)Cc1cccc(Cl)c1)c1ccc(N)cc1. The summed E-state index contributed by atoms with van der Waals surface area (Å²) in [7, 11) is 0.